The zero-order valence-corrected chi connectivity index (χ0v) is 11.4. The third-order valence-electron chi connectivity index (χ3n) is 2.54. The van der Waals surface area contributed by atoms with Crippen molar-refractivity contribution in [1.29, 1.82) is 0 Å². The Labute approximate surface area is 115 Å². The van der Waals surface area contributed by atoms with Crippen LogP contribution in [0.2, 0.25) is 0 Å². The number of nitrogens with zero attached hydrogens (tertiary/aromatic N) is 3. The zero-order valence-electron chi connectivity index (χ0n) is 10.6. The number of rotatable bonds is 5. The lowest BCUT2D eigenvalue weighted by Crippen LogP contribution is -2.13. The molecule has 20 heavy (non-hydrogen) atoms. The van der Waals surface area contributed by atoms with Crippen molar-refractivity contribution < 1.29 is 13.3 Å². The smallest absolute Gasteiger partial charge is 0.270 e. The summed E-state index contributed by atoms with van der Waals surface area (Å²) in [6, 6.07) is 6.34. The van der Waals surface area contributed by atoms with Crippen LogP contribution < -0.4 is 4.72 Å². The molecule has 0 aliphatic heterocycles. The maximum atomic E-state index is 12.1. The van der Waals surface area contributed by atoms with Crippen LogP contribution in [0.4, 0.5) is 11.5 Å². The lowest BCUT2D eigenvalue weighted by atomic mass is 10.3. The van der Waals surface area contributed by atoms with E-state index in [1.165, 1.54) is 24.3 Å². The highest BCUT2D eigenvalue weighted by molar-refractivity contribution is 7.92. The SMILES string of the molecule is CCn1ccc(NS(=O)(=O)c2cccc([N+](=O)[O-])c2)n1. The normalized spacial score (nSPS) is 11.2. The Bertz CT molecular complexity index is 738. The largest absolute Gasteiger partial charge is 0.271 e. The molecule has 0 saturated heterocycles. The monoisotopic (exact) mass is 296 g/mol. The van der Waals surface area contributed by atoms with Crippen molar-refractivity contribution in [2.75, 3.05) is 4.72 Å². The van der Waals surface area contributed by atoms with Crippen LogP contribution in [-0.2, 0) is 16.6 Å². The maximum Gasteiger partial charge on any atom is 0.270 e. The van der Waals surface area contributed by atoms with Gasteiger partial charge in [0.1, 0.15) is 0 Å². The number of aromatic nitrogens is 2. The van der Waals surface area contributed by atoms with Crippen LogP contribution in [0.15, 0.2) is 41.4 Å². The van der Waals surface area contributed by atoms with Crippen molar-refractivity contribution in [3.63, 3.8) is 0 Å². The van der Waals surface area contributed by atoms with Gasteiger partial charge in [0.2, 0.25) is 0 Å². The van der Waals surface area contributed by atoms with E-state index < -0.39 is 14.9 Å². The molecule has 0 aliphatic rings. The zero-order chi connectivity index (χ0) is 14.8. The summed E-state index contributed by atoms with van der Waals surface area (Å²) in [4.78, 5) is 9.82. The Morgan fingerprint density at radius 3 is 2.75 bits per heavy atom. The lowest BCUT2D eigenvalue weighted by molar-refractivity contribution is -0.385. The molecule has 0 amide bonds. The highest BCUT2D eigenvalue weighted by Crippen LogP contribution is 2.19. The quantitative estimate of drug-likeness (QED) is 0.666. The minimum atomic E-state index is -3.89. The second-order valence-corrected chi connectivity index (χ2v) is 5.60. The van der Waals surface area contributed by atoms with Gasteiger partial charge in [-0.1, -0.05) is 6.07 Å². The second-order valence-electron chi connectivity index (χ2n) is 3.92. The fourth-order valence-corrected chi connectivity index (χ4v) is 2.59. The summed E-state index contributed by atoms with van der Waals surface area (Å²) >= 11 is 0. The number of sulfonamides is 1. The molecule has 0 radical (unpaired) electrons. The minimum Gasteiger partial charge on any atom is -0.271 e. The first-order chi connectivity index (χ1) is 9.42. The Balaban J connectivity index is 2.30. The predicted molar refractivity (Wildman–Crippen MR) is 71.8 cm³/mol. The first-order valence-electron chi connectivity index (χ1n) is 5.73. The number of anilines is 1. The van der Waals surface area contributed by atoms with E-state index >= 15 is 0 Å². The van der Waals surface area contributed by atoms with Crippen LogP contribution >= 0.6 is 0 Å². The van der Waals surface area contributed by atoms with E-state index in [0.29, 0.717) is 6.54 Å². The number of hydrogen-bond donors (Lipinski definition) is 1. The third kappa shape index (κ3) is 2.94. The molecule has 9 heteroatoms. The van der Waals surface area contributed by atoms with Gasteiger partial charge in [-0.3, -0.25) is 19.5 Å². The molecule has 1 aromatic heterocycles. The van der Waals surface area contributed by atoms with E-state index in [9.17, 15) is 18.5 Å². The molecule has 106 valence electrons. The lowest BCUT2D eigenvalue weighted by Gasteiger charge is -2.05. The number of nitrogens with one attached hydrogen (secondary N) is 1. The molecule has 8 nitrogen and oxygen atoms in total. The molecular weight excluding hydrogens is 284 g/mol. The molecule has 0 fully saturated rings. The van der Waals surface area contributed by atoms with Crippen LogP contribution in [0.1, 0.15) is 6.92 Å². The van der Waals surface area contributed by atoms with Crippen LogP contribution in [0.5, 0.6) is 0 Å². The highest BCUT2D eigenvalue weighted by Gasteiger charge is 2.18. The number of aryl methyl sites for hydroxylation is 1. The van der Waals surface area contributed by atoms with Crippen molar-refractivity contribution in [2.24, 2.45) is 0 Å². The van der Waals surface area contributed by atoms with Gasteiger partial charge in [0, 0.05) is 30.9 Å². The standard InChI is InChI=1S/C11H12N4O4S/c1-2-14-7-6-11(12-14)13-20(18,19)10-5-3-4-9(8-10)15(16)17/h3-8H,2H2,1H3,(H,12,13). The summed E-state index contributed by atoms with van der Waals surface area (Å²) in [6.45, 7) is 2.48. The molecule has 0 spiro atoms. The molecule has 2 aromatic rings. The number of benzene rings is 1. The Morgan fingerprint density at radius 1 is 1.40 bits per heavy atom. The van der Waals surface area contributed by atoms with E-state index in [1.54, 1.807) is 10.9 Å². The highest BCUT2D eigenvalue weighted by atomic mass is 32.2. The molecule has 0 bridgehead atoms. The van der Waals surface area contributed by atoms with Crippen LogP contribution in [0, 0.1) is 10.1 Å². The summed E-state index contributed by atoms with van der Waals surface area (Å²) < 4.78 is 28.0. The Kier molecular flexibility index (Phi) is 3.70. The van der Waals surface area contributed by atoms with E-state index in [0.717, 1.165) is 6.07 Å². The topological polar surface area (TPSA) is 107 Å². The van der Waals surface area contributed by atoms with Crippen LogP contribution in [-0.4, -0.2) is 23.1 Å². The van der Waals surface area contributed by atoms with Crippen molar-refractivity contribution >= 4 is 21.5 Å². The van der Waals surface area contributed by atoms with Gasteiger partial charge in [-0.15, -0.1) is 0 Å². The van der Waals surface area contributed by atoms with Crippen LogP contribution in [0.25, 0.3) is 0 Å². The van der Waals surface area contributed by atoms with Crippen molar-refractivity contribution in [1.82, 2.24) is 9.78 Å². The van der Waals surface area contributed by atoms with Crippen molar-refractivity contribution in [3.05, 3.63) is 46.6 Å². The molecular formula is C11H12N4O4S. The molecule has 0 atom stereocenters. The summed E-state index contributed by atoms with van der Waals surface area (Å²) in [5.41, 5.74) is -0.285. The molecule has 0 unspecified atom stereocenters. The van der Waals surface area contributed by atoms with Gasteiger partial charge in [-0.25, -0.2) is 8.42 Å². The van der Waals surface area contributed by atoms with Gasteiger partial charge in [0.05, 0.1) is 9.82 Å². The number of hydrogen-bond acceptors (Lipinski definition) is 5. The third-order valence-corrected chi connectivity index (χ3v) is 3.89. The van der Waals surface area contributed by atoms with Crippen molar-refractivity contribution in [3.8, 4) is 0 Å². The van der Waals surface area contributed by atoms with E-state index in [4.69, 9.17) is 0 Å². The van der Waals surface area contributed by atoms with Gasteiger partial charge < -0.3 is 0 Å². The number of nitro benzene ring substituents is 1. The average molecular weight is 296 g/mol. The average Bonchev–Trinajstić information content (AvgIpc) is 2.86. The van der Waals surface area contributed by atoms with E-state index in [2.05, 4.69) is 9.82 Å². The first kappa shape index (κ1) is 14.0. The fourth-order valence-electron chi connectivity index (χ4n) is 1.55. The summed E-state index contributed by atoms with van der Waals surface area (Å²) in [7, 11) is -3.89. The van der Waals surface area contributed by atoms with Gasteiger partial charge in [0.25, 0.3) is 15.7 Å². The van der Waals surface area contributed by atoms with Crippen molar-refractivity contribution in [2.45, 2.75) is 18.4 Å². The molecule has 1 N–H and O–H groups in total. The second kappa shape index (κ2) is 5.29. The van der Waals surface area contributed by atoms with Gasteiger partial charge in [0.15, 0.2) is 5.82 Å². The minimum absolute atomic E-state index is 0.165. The molecule has 2 rings (SSSR count). The Morgan fingerprint density at radius 2 is 2.15 bits per heavy atom. The summed E-state index contributed by atoms with van der Waals surface area (Å²) in [6.07, 6.45) is 1.63. The van der Waals surface area contributed by atoms with Gasteiger partial charge in [-0.2, -0.15) is 5.10 Å². The fraction of sp³-hybridized carbons (Fsp3) is 0.182. The van der Waals surface area contributed by atoms with E-state index in [1.807, 2.05) is 6.92 Å². The van der Waals surface area contributed by atoms with Gasteiger partial charge >= 0.3 is 0 Å². The molecule has 0 saturated carbocycles. The number of non-ortho nitro benzene ring substituents is 1. The summed E-state index contributed by atoms with van der Waals surface area (Å²) in [5, 5.41) is 14.6. The number of nitro groups is 1. The summed E-state index contributed by atoms with van der Waals surface area (Å²) in [5.74, 6) is 0.165. The van der Waals surface area contributed by atoms with Crippen LogP contribution in [0.3, 0.4) is 0 Å². The van der Waals surface area contributed by atoms with Gasteiger partial charge in [-0.05, 0) is 13.0 Å². The first-order valence-corrected chi connectivity index (χ1v) is 7.21. The molecule has 0 aliphatic carbocycles. The Hall–Kier alpha value is -2.42. The molecule has 1 aromatic carbocycles. The maximum absolute atomic E-state index is 12.1. The molecule has 1 heterocycles. The van der Waals surface area contributed by atoms with E-state index in [-0.39, 0.29) is 16.4 Å². The predicted octanol–water partition coefficient (Wildman–Crippen LogP) is 1.61.